The molecule has 162 valence electrons. The number of hydrogen-bond acceptors (Lipinski definition) is 3. The number of rotatable bonds is 4. The van der Waals surface area contributed by atoms with Crippen LogP contribution < -0.4 is 5.32 Å². The van der Waals surface area contributed by atoms with Crippen LogP contribution in [0.1, 0.15) is 22.9 Å². The Kier molecular flexibility index (Phi) is 5.21. The highest BCUT2D eigenvalue weighted by Crippen LogP contribution is 2.32. The second kappa shape index (κ2) is 8.80. The van der Waals surface area contributed by atoms with Gasteiger partial charge in [-0.3, -0.25) is 0 Å². The highest BCUT2D eigenvalue weighted by molar-refractivity contribution is 6.16. The summed E-state index contributed by atoms with van der Waals surface area (Å²) in [6.07, 6.45) is -0.223. The number of benzene rings is 5. The molecule has 5 aromatic rings. The molecular formula is C31H23N3. The van der Waals surface area contributed by atoms with Crippen LogP contribution in [0.3, 0.4) is 0 Å². The van der Waals surface area contributed by atoms with E-state index in [0.29, 0.717) is 0 Å². The van der Waals surface area contributed by atoms with Crippen LogP contribution in [-0.2, 0) is 0 Å². The zero-order chi connectivity index (χ0) is 22.7. The van der Waals surface area contributed by atoms with Crippen molar-refractivity contribution in [1.29, 1.82) is 0 Å². The van der Waals surface area contributed by atoms with Gasteiger partial charge in [-0.25, -0.2) is 9.98 Å². The van der Waals surface area contributed by atoms with Crippen molar-refractivity contribution >= 4 is 22.4 Å². The number of nitrogens with one attached hydrogen (secondary N) is 1. The molecule has 1 aliphatic heterocycles. The maximum atomic E-state index is 5.11. The smallest absolute Gasteiger partial charge is 0.160 e. The summed E-state index contributed by atoms with van der Waals surface area (Å²) in [6, 6.07) is 44.0. The lowest BCUT2D eigenvalue weighted by atomic mass is 9.94. The summed E-state index contributed by atoms with van der Waals surface area (Å²) in [5.74, 6) is 1.56. The lowest BCUT2D eigenvalue weighted by molar-refractivity contribution is 0.674. The summed E-state index contributed by atoms with van der Waals surface area (Å²) >= 11 is 0. The van der Waals surface area contributed by atoms with E-state index in [1.54, 1.807) is 0 Å². The molecule has 1 N–H and O–H groups in total. The standard InChI is InChI=1S/C31H23N3/c1-4-12-22(13-5-1)27-20-25-18-10-11-19-26(25)21-28(27)31-33-29(23-14-6-2-7-15-23)32-30(34-31)24-16-8-3-9-17-24/h1-21,29H,(H,32,33,34). The first kappa shape index (κ1) is 20.1. The van der Waals surface area contributed by atoms with Gasteiger partial charge in [0.2, 0.25) is 0 Å². The second-order valence-electron chi connectivity index (χ2n) is 8.35. The summed E-state index contributed by atoms with van der Waals surface area (Å²) in [6.45, 7) is 0. The Hall–Kier alpha value is -4.50. The largest absolute Gasteiger partial charge is 0.344 e. The minimum Gasteiger partial charge on any atom is -0.344 e. The molecule has 0 amide bonds. The predicted molar refractivity (Wildman–Crippen MR) is 141 cm³/mol. The van der Waals surface area contributed by atoms with Gasteiger partial charge in [0.1, 0.15) is 12.0 Å². The monoisotopic (exact) mass is 437 g/mol. The fraction of sp³-hybridized carbons (Fsp3) is 0.0323. The Bertz CT molecular complexity index is 1500. The van der Waals surface area contributed by atoms with E-state index in [0.717, 1.165) is 39.5 Å². The van der Waals surface area contributed by atoms with E-state index in [1.165, 1.54) is 10.8 Å². The summed E-state index contributed by atoms with van der Waals surface area (Å²) in [5, 5.41) is 5.92. The lowest BCUT2D eigenvalue weighted by Gasteiger charge is -2.24. The highest BCUT2D eigenvalue weighted by Gasteiger charge is 2.22. The molecule has 1 aliphatic rings. The zero-order valence-electron chi connectivity index (χ0n) is 18.6. The zero-order valence-corrected chi connectivity index (χ0v) is 18.6. The van der Waals surface area contributed by atoms with Gasteiger partial charge >= 0.3 is 0 Å². The van der Waals surface area contributed by atoms with Gasteiger partial charge in [0.05, 0.1) is 0 Å². The van der Waals surface area contributed by atoms with Crippen LogP contribution >= 0.6 is 0 Å². The lowest BCUT2D eigenvalue weighted by Crippen LogP contribution is -2.33. The number of hydrogen-bond donors (Lipinski definition) is 1. The Morgan fingerprint density at radius 2 is 1.06 bits per heavy atom. The Morgan fingerprint density at radius 3 is 1.71 bits per heavy atom. The fourth-order valence-corrected chi connectivity index (χ4v) is 4.40. The molecule has 3 nitrogen and oxygen atoms in total. The van der Waals surface area contributed by atoms with Crippen LogP contribution in [0.2, 0.25) is 0 Å². The number of aliphatic imine (C=N–C) groups is 2. The van der Waals surface area contributed by atoms with Crippen LogP contribution in [0.5, 0.6) is 0 Å². The molecule has 1 unspecified atom stereocenters. The van der Waals surface area contributed by atoms with E-state index in [1.807, 2.05) is 42.5 Å². The van der Waals surface area contributed by atoms with Gasteiger partial charge in [-0.1, -0.05) is 115 Å². The molecule has 1 atom stereocenters. The number of fused-ring (bicyclic) bond motifs is 1. The average molecular weight is 438 g/mol. The molecule has 0 fully saturated rings. The van der Waals surface area contributed by atoms with Gasteiger partial charge in [-0.05, 0) is 39.6 Å². The van der Waals surface area contributed by atoms with Crippen LogP contribution in [0.25, 0.3) is 21.9 Å². The number of nitrogens with zero attached hydrogens (tertiary/aromatic N) is 2. The minimum absolute atomic E-state index is 0.223. The average Bonchev–Trinajstić information content (AvgIpc) is 2.93. The van der Waals surface area contributed by atoms with Gasteiger partial charge in [0, 0.05) is 11.1 Å². The Balaban J connectivity index is 1.58. The minimum atomic E-state index is -0.223. The van der Waals surface area contributed by atoms with Crippen molar-refractivity contribution in [3.05, 3.63) is 144 Å². The molecule has 0 saturated carbocycles. The van der Waals surface area contributed by atoms with Crippen molar-refractivity contribution in [2.45, 2.75) is 6.17 Å². The first-order valence-electron chi connectivity index (χ1n) is 11.5. The number of amidine groups is 2. The van der Waals surface area contributed by atoms with Gasteiger partial charge in [-0.2, -0.15) is 0 Å². The molecule has 0 aromatic heterocycles. The van der Waals surface area contributed by atoms with Crippen LogP contribution in [-0.4, -0.2) is 11.7 Å². The predicted octanol–water partition coefficient (Wildman–Crippen LogP) is 7.00. The third-order valence-corrected chi connectivity index (χ3v) is 6.12. The van der Waals surface area contributed by atoms with Crippen molar-refractivity contribution in [1.82, 2.24) is 5.32 Å². The highest BCUT2D eigenvalue weighted by atomic mass is 15.2. The molecule has 0 bridgehead atoms. The third-order valence-electron chi connectivity index (χ3n) is 6.12. The van der Waals surface area contributed by atoms with E-state index in [2.05, 4.69) is 90.2 Å². The molecule has 1 heterocycles. The van der Waals surface area contributed by atoms with Gasteiger partial charge in [-0.15, -0.1) is 0 Å². The second-order valence-corrected chi connectivity index (χ2v) is 8.35. The normalized spacial score (nSPS) is 15.4. The van der Waals surface area contributed by atoms with E-state index < -0.39 is 0 Å². The topological polar surface area (TPSA) is 36.8 Å². The molecule has 3 heteroatoms. The molecule has 34 heavy (non-hydrogen) atoms. The summed E-state index contributed by atoms with van der Waals surface area (Å²) < 4.78 is 0. The van der Waals surface area contributed by atoms with Crippen LogP contribution in [0.4, 0.5) is 0 Å². The van der Waals surface area contributed by atoms with E-state index >= 15 is 0 Å². The summed E-state index contributed by atoms with van der Waals surface area (Å²) in [7, 11) is 0. The molecule has 5 aromatic carbocycles. The maximum absolute atomic E-state index is 5.11. The fourth-order valence-electron chi connectivity index (χ4n) is 4.40. The maximum Gasteiger partial charge on any atom is 0.160 e. The van der Waals surface area contributed by atoms with Crippen molar-refractivity contribution in [2.75, 3.05) is 0 Å². The molecule has 0 spiro atoms. The van der Waals surface area contributed by atoms with Crippen molar-refractivity contribution in [3.8, 4) is 11.1 Å². The summed E-state index contributed by atoms with van der Waals surface area (Å²) in [4.78, 5) is 10.2. The molecule has 0 radical (unpaired) electrons. The molecule has 0 saturated heterocycles. The first-order valence-corrected chi connectivity index (χ1v) is 11.5. The molecule has 6 rings (SSSR count). The van der Waals surface area contributed by atoms with Gasteiger partial charge < -0.3 is 5.32 Å². The third kappa shape index (κ3) is 3.89. The SMILES string of the molecule is c1ccc(C2=NC(c3cc4ccccc4cc3-c3ccccc3)=NC(c3ccccc3)N2)cc1. The molecule has 0 aliphatic carbocycles. The Labute approximate surface area is 199 Å². The quantitative estimate of drug-likeness (QED) is 0.323. The first-order chi connectivity index (χ1) is 16.8. The van der Waals surface area contributed by atoms with Crippen molar-refractivity contribution < 1.29 is 0 Å². The van der Waals surface area contributed by atoms with Crippen LogP contribution in [0, 0.1) is 0 Å². The molecular weight excluding hydrogens is 414 g/mol. The van der Waals surface area contributed by atoms with Crippen LogP contribution in [0.15, 0.2) is 137 Å². The van der Waals surface area contributed by atoms with E-state index in [4.69, 9.17) is 9.98 Å². The van der Waals surface area contributed by atoms with E-state index in [-0.39, 0.29) is 6.17 Å². The van der Waals surface area contributed by atoms with Gasteiger partial charge in [0.15, 0.2) is 5.84 Å². The Morgan fingerprint density at radius 1 is 0.529 bits per heavy atom. The van der Waals surface area contributed by atoms with E-state index in [9.17, 15) is 0 Å². The van der Waals surface area contributed by atoms with Crippen molar-refractivity contribution in [2.24, 2.45) is 9.98 Å². The van der Waals surface area contributed by atoms with Gasteiger partial charge in [0.25, 0.3) is 0 Å². The van der Waals surface area contributed by atoms with Crippen molar-refractivity contribution in [3.63, 3.8) is 0 Å². The summed E-state index contributed by atoms with van der Waals surface area (Å²) in [5.41, 5.74) is 5.45.